The minimum Gasteiger partial charge on any atom is -0.369 e. The van der Waals surface area contributed by atoms with Gasteiger partial charge in [0, 0.05) is 18.0 Å². The minimum absolute atomic E-state index is 0.159. The van der Waals surface area contributed by atoms with E-state index < -0.39 is 0 Å². The summed E-state index contributed by atoms with van der Waals surface area (Å²) in [5.74, 6) is -0.194. The Morgan fingerprint density at radius 2 is 2.04 bits per heavy atom. The Bertz CT molecular complexity index is 568. The molecule has 0 radical (unpaired) electrons. The third kappa shape index (κ3) is 4.94. The molecule has 128 valence electrons. The quantitative estimate of drug-likeness (QED) is 0.796. The van der Waals surface area contributed by atoms with Crippen LogP contribution in [0.1, 0.15) is 49.6 Å². The maximum Gasteiger partial charge on any atom is 0.235 e. The van der Waals surface area contributed by atoms with Gasteiger partial charge in [0.1, 0.15) is 0 Å². The van der Waals surface area contributed by atoms with Gasteiger partial charge < -0.3 is 10.6 Å². The fraction of sp³-hybridized carbons (Fsp3) is 0.688. The largest absolute Gasteiger partial charge is 0.369 e. The van der Waals surface area contributed by atoms with Gasteiger partial charge in [0.05, 0.1) is 17.4 Å². The lowest BCUT2D eigenvalue weighted by atomic mass is 9.94. The topological polar surface area (TPSA) is 76.3 Å². The van der Waals surface area contributed by atoms with Crippen LogP contribution >= 0.6 is 23.1 Å². The van der Waals surface area contributed by atoms with Gasteiger partial charge in [0.25, 0.3) is 0 Å². The first kappa shape index (κ1) is 18.3. The molecule has 0 aromatic carbocycles. The predicted octanol–water partition coefficient (Wildman–Crippen LogP) is 2.75. The number of hydrogen-bond donors (Lipinski definition) is 1. The van der Waals surface area contributed by atoms with E-state index in [0.717, 1.165) is 27.8 Å². The second-order valence-corrected chi connectivity index (χ2v) is 8.80. The summed E-state index contributed by atoms with van der Waals surface area (Å²) in [7, 11) is 1.92. The summed E-state index contributed by atoms with van der Waals surface area (Å²) in [6.45, 7) is 3.80. The van der Waals surface area contributed by atoms with Gasteiger partial charge in [-0.05, 0) is 26.7 Å². The molecule has 7 heteroatoms. The predicted molar refractivity (Wildman–Crippen MR) is 94.7 cm³/mol. The number of amides is 2. The number of thiazole rings is 1. The molecule has 1 aromatic rings. The smallest absolute Gasteiger partial charge is 0.235 e. The Labute approximate surface area is 146 Å². The molecule has 1 aromatic heterocycles. The summed E-state index contributed by atoms with van der Waals surface area (Å²) >= 11 is 2.93. The molecule has 2 N–H and O–H groups in total. The molecule has 23 heavy (non-hydrogen) atoms. The number of nitrogens with two attached hydrogens (primary N) is 1. The maximum atomic E-state index is 12.6. The lowest BCUT2D eigenvalue weighted by Gasteiger charge is -2.32. The van der Waals surface area contributed by atoms with Gasteiger partial charge in [-0.1, -0.05) is 31.0 Å². The van der Waals surface area contributed by atoms with E-state index in [4.69, 9.17) is 5.73 Å². The van der Waals surface area contributed by atoms with Crippen LogP contribution in [-0.2, 0) is 16.0 Å². The van der Waals surface area contributed by atoms with E-state index in [1.54, 1.807) is 0 Å². The van der Waals surface area contributed by atoms with Gasteiger partial charge in [0.2, 0.25) is 11.8 Å². The van der Waals surface area contributed by atoms with Crippen molar-refractivity contribution in [1.82, 2.24) is 9.88 Å². The summed E-state index contributed by atoms with van der Waals surface area (Å²) < 4.78 is 0.830. The zero-order valence-corrected chi connectivity index (χ0v) is 15.6. The van der Waals surface area contributed by atoms with Crippen LogP contribution in [-0.4, -0.2) is 40.0 Å². The molecule has 0 spiro atoms. The number of aryl methyl sites for hydroxylation is 1. The van der Waals surface area contributed by atoms with Crippen LogP contribution < -0.4 is 5.73 Å². The van der Waals surface area contributed by atoms with Crippen molar-refractivity contribution in [2.24, 2.45) is 5.73 Å². The fourth-order valence-corrected chi connectivity index (χ4v) is 5.40. The van der Waals surface area contributed by atoms with Crippen LogP contribution in [0.4, 0.5) is 0 Å². The van der Waals surface area contributed by atoms with E-state index in [2.05, 4.69) is 4.98 Å². The van der Waals surface area contributed by atoms with E-state index in [1.807, 2.05) is 25.8 Å². The monoisotopic (exact) mass is 355 g/mol. The fourth-order valence-electron chi connectivity index (χ4n) is 2.91. The van der Waals surface area contributed by atoms with Crippen LogP contribution in [0.2, 0.25) is 0 Å². The van der Waals surface area contributed by atoms with Crippen molar-refractivity contribution in [3.05, 3.63) is 10.6 Å². The number of hydrogen-bond acceptors (Lipinski definition) is 5. The van der Waals surface area contributed by atoms with Gasteiger partial charge in [0.15, 0.2) is 4.34 Å². The van der Waals surface area contributed by atoms with Crippen LogP contribution in [0, 0.1) is 6.92 Å². The molecule has 1 unspecified atom stereocenters. The molecule has 1 fully saturated rings. The number of aromatic nitrogens is 1. The summed E-state index contributed by atoms with van der Waals surface area (Å²) in [5, 5.41) is -0.172. The normalized spacial score (nSPS) is 17.0. The number of carbonyl (C=O) groups excluding carboxylic acids is 2. The van der Waals surface area contributed by atoms with Crippen LogP contribution in [0.15, 0.2) is 4.34 Å². The number of primary amides is 1. The van der Waals surface area contributed by atoms with Crippen molar-refractivity contribution in [2.45, 2.75) is 68.0 Å². The number of thioether (sulfide) groups is 1. The van der Waals surface area contributed by atoms with Crippen LogP contribution in [0.25, 0.3) is 0 Å². The van der Waals surface area contributed by atoms with Crippen LogP contribution in [0.3, 0.4) is 0 Å². The van der Waals surface area contributed by atoms with E-state index in [9.17, 15) is 9.59 Å². The zero-order valence-electron chi connectivity index (χ0n) is 14.0. The Morgan fingerprint density at radius 3 is 2.65 bits per heavy atom. The first-order chi connectivity index (χ1) is 10.9. The van der Waals surface area contributed by atoms with E-state index in [-0.39, 0.29) is 23.5 Å². The highest BCUT2D eigenvalue weighted by Crippen LogP contribution is 2.32. The Morgan fingerprint density at radius 1 is 1.39 bits per heavy atom. The molecule has 1 saturated carbocycles. The second kappa shape index (κ2) is 8.15. The molecule has 1 heterocycles. The summed E-state index contributed by atoms with van der Waals surface area (Å²) in [6.07, 6.45) is 6.15. The highest BCUT2D eigenvalue weighted by molar-refractivity contribution is 8.02. The van der Waals surface area contributed by atoms with Crippen molar-refractivity contribution in [3.8, 4) is 0 Å². The standard InChI is InChI=1S/C16H25N3O2S2/c1-10-13(9-14(17)20)23-16(18-10)22-11(2)15(21)19(3)12-7-5-4-6-8-12/h11-12H,4-9H2,1-3H3,(H2,17,20). The maximum absolute atomic E-state index is 12.6. The molecule has 1 atom stereocenters. The molecular weight excluding hydrogens is 330 g/mol. The van der Waals surface area contributed by atoms with Gasteiger partial charge in [-0.3, -0.25) is 9.59 Å². The van der Waals surface area contributed by atoms with Crippen LogP contribution in [0.5, 0.6) is 0 Å². The van der Waals surface area contributed by atoms with Gasteiger partial charge in [-0.15, -0.1) is 11.3 Å². The molecular formula is C16H25N3O2S2. The highest BCUT2D eigenvalue weighted by atomic mass is 32.2. The molecule has 5 nitrogen and oxygen atoms in total. The summed E-state index contributed by atoms with van der Waals surface area (Å²) in [6, 6.07) is 0.378. The first-order valence-corrected chi connectivity index (χ1v) is 9.76. The summed E-state index contributed by atoms with van der Waals surface area (Å²) in [4.78, 5) is 31.0. The molecule has 2 amide bonds. The number of carbonyl (C=O) groups is 2. The van der Waals surface area contributed by atoms with Crippen molar-refractivity contribution < 1.29 is 9.59 Å². The first-order valence-electron chi connectivity index (χ1n) is 8.06. The second-order valence-electron chi connectivity index (χ2n) is 6.13. The third-order valence-corrected chi connectivity index (χ3v) is 6.64. The lowest BCUT2D eigenvalue weighted by molar-refractivity contribution is -0.131. The molecule has 1 aliphatic carbocycles. The van der Waals surface area contributed by atoms with Crippen molar-refractivity contribution in [2.75, 3.05) is 7.05 Å². The molecule has 2 rings (SSSR count). The van der Waals surface area contributed by atoms with Gasteiger partial charge >= 0.3 is 0 Å². The number of rotatable bonds is 6. The molecule has 1 aliphatic rings. The minimum atomic E-state index is -0.352. The van der Waals surface area contributed by atoms with E-state index >= 15 is 0 Å². The Balaban J connectivity index is 1.96. The van der Waals surface area contributed by atoms with Gasteiger partial charge in [-0.25, -0.2) is 4.98 Å². The third-order valence-electron chi connectivity index (χ3n) is 4.30. The Hall–Kier alpha value is -1.08. The summed E-state index contributed by atoms with van der Waals surface area (Å²) in [5.41, 5.74) is 6.08. The van der Waals surface area contributed by atoms with E-state index in [0.29, 0.717) is 6.04 Å². The zero-order chi connectivity index (χ0) is 17.0. The average molecular weight is 356 g/mol. The van der Waals surface area contributed by atoms with Gasteiger partial charge in [-0.2, -0.15) is 0 Å². The molecule has 0 bridgehead atoms. The molecule has 0 aliphatic heterocycles. The Kier molecular flexibility index (Phi) is 6.47. The lowest BCUT2D eigenvalue weighted by Crippen LogP contribution is -2.42. The SMILES string of the molecule is Cc1nc(SC(C)C(=O)N(C)C2CCCCC2)sc1CC(N)=O. The van der Waals surface area contributed by atoms with Crippen molar-refractivity contribution >= 4 is 34.9 Å². The average Bonchev–Trinajstić information content (AvgIpc) is 2.85. The molecule has 0 saturated heterocycles. The highest BCUT2D eigenvalue weighted by Gasteiger charge is 2.27. The number of nitrogens with zero attached hydrogens (tertiary/aromatic N) is 2. The van der Waals surface area contributed by atoms with Crippen molar-refractivity contribution in [1.29, 1.82) is 0 Å². The van der Waals surface area contributed by atoms with E-state index in [1.165, 1.54) is 42.4 Å². The van der Waals surface area contributed by atoms with Crippen molar-refractivity contribution in [3.63, 3.8) is 0 Å².